The molecule has 2 heterocycles. The first-order valence-corrected chi connectivity index (χ1v) is 8.53. The summed E-state index contributed by atoms with van der Waals surface area (Å²) in [7, 11) is -1.41. The molecule has 7 heteroatoms. The van der Waals surface area contributed by atoms with Crippen molar-refractivity contribution in [2.24, 2.45) is 11.8 Å². The third-order valence-electron chi connectivity index (χ3n) is 3.89. The predicted molar refractivity (Wildman–Crippen MR) is 74.1 cm³/mol. The Labute approximate surface area is 116 Å². The fourth-order valence-corrected chi connectivity index (χ4v) is 4.16. The summed E-state index contributed by atoms with van der Waals surface area (Å²) in [5, 5.41) is 3.13. The monoisotopic (exact) mass is 291 g/mol. The number of rotatable bonds is 6. The van der Waals surface area contributed by atoms with Gasteiger partial charge in [0, 0.05) is 26.2 Å². The van der Waals surface area contributed by atoms with Crippen LogP contribution in [0.25, 0.3) is 0 Å². The molecule has 2 N–H and O–H groups in total. The van der Waals surface area contributed by atoms with Crippen molar-refractivity contribution in [2.45, 2.75) is 19.3 Å². The molecule has 2 saturated heterocycles. The van der Waals surface area contributed by atoms with Crippen LogP contribution in [-0.4, -0.2) is 59.2 Å². The predicted octanol–water partition coefficient (Wildman–Crippen LogP) is -0.211. The molecule has 6 nitrogen and oxygen atoms in total. The van der Waals surface area contributed by atoms with Crippen LogP contribution in [0.4, 0.5) is 0 Å². The van der Waals surface area contributed by atoms with Crippen molar-refractivity contribution >= 4 is 10.2 Å². The number of nitrogens with one attached hydrogen (secondary N) is 2. The van der Waals surface area contributed by atoms with Gasteiger partial charge in [0.25, 0.3) is 10.2 Å². The van der Waals surface area contributed by atoms with Crippen molar-refractivity contribution in [1.29, 1.82) is 0 Å². The van der Waals surface area contributed by atoms with E-state index in [2.05, 4.69) is 10.0 Å². The van der Waals surface area contributed by atoms with Crippen LogP contribution in [0, 0.1) is 11.8 Å². The maximum atomic E-state index is 12.2. The zero-order valence-electron chi connectivity index (χ0n) is 11.6. The molecule has 2 rings (SSSR count). The van der Waals surface area contributed by atoms with Crippen LogP contribution in [0.15, 0.2) is 0 Å². The second-order valence-electron chi connectivity index (χ2n) is 5.51. The summed E-state index contributed by atoms with van der Waals surface area (Å²) in [5.41, 5.74) is 0. The lowest BCUT2D eigenvalue weighted by Crippen LogP contribution is -2.48. The highest BCUT2D eigenvalue weighted by Gasteiger charge is 2.29. The van der Waals surface area contributed by atoms with Crippen LogP contribution in [-0.2, 0) is 14.9 Å². The third kappa shape index (κ3) is 4.39. The summed E-state index contributed by atoms with van der Waals surface area (Å²) < 4.78 is 34.1. The molecule has 112 valence electrons. The number of hydrogen-bond acceptors (Lipinski definition) is 4. The van der Waals surface area contributed by atoms with Crippen LogP contribution >= 0.6 is 0 Å². The van der Waals surface area contributed by atoms with Gasteiger partial charge in [-0.1, -0.05) is 0 Å². The van der Waals surface area contributed by atoms with E-state index in [1.165, 1.54) is 0 Å². The third-order valence-corrected chi connectivity index (χ3v) is 5.44. The molecule has 2 atom stereocenters. The molecule has 0 spiro atoms. The molecule has 2 aliphatic heterocycles. The number of ether oxygens (including phenoxy) is 1. The van der Waals surface area contributed by atoms with Gasteiger partial charge < -0.3 is 10.1 Å². The summed E-state index contributed by atoms with van der Waals surface area (Å²) in [6.07, 6.45) is 2.99. The lowest BCUT2D eigenvalue weighted by molar-refractivity contribution is 0.186. The highest BCUT2D eigenvalue weighted by molar-refractivity contribution is 7.87. The van der Waals surface area contributed by atoms with Gasteiger partial charge in [-0.3, -0.25) is 0 Å². The van der Waals surface area contributed by atoms with Gasteiger partial charge in [-0.05, 0) is 44.7 Å². The summed E-state index contributed by atoms with van der Waals surface area (Å²) in [6.45, 7) is 4.05. The zero-order chi connectivity index (χ0) is 13.7. The normalized spacial score (nSPS) is 29.7. The molecular formula is C12H25N3O3S. The Hall–Kier alpha value is -0.210. The van der Waals surface area contributed by atoms with Gasteiger partial charge in [-0.15, -0.1) is 0 Å². The fraction of sp³-hybridized carbons (Fsp3) is 1.00. The number of piperidine rings is 1. The minimum atomic E-state index is -3.32. The standard InChI is InChI=1S/C12H25N3O3S/c1-13-7-11-3-2-5-15(9-11)19(16,17)14-8-12-4-6-18-10-12/h11-14H,2-10H2,1H3. The van der Waals surface area contributed by atoms with E-state index < -0.39 is 10.2 Å². The lowest BCUT2D eigenvalue weighted by atomic mass is 10.00. The molecule has 0 saturated carbocycles. The molecule has 0 radical (unpaired) electrons. The van der Waals surface area contributed by atoms with Gasteiger partial charge in [0.15, 0.2) is 0 Å². The van der Waals surface area contributed by atoms with Gasteiger partial charge in [0.05, 0.1) is 6.61 Å². The van der Waals surface area contributed by atoms with Gasteiger partial charge in [0.1, 0.15) is 0 Å². The van der Waals surface area contributed by atoms with E-state index in [9.17, 15) is 8.42 Å². The van der Waals surface area contributed by atoms with E-state index in [1.54, 1.807) is 4.31 Å². The Morgan fingerprint density at radius 1 is 1.26 bits per heavy atom. The van der Waals surface area contributed by atoms with Crippen molar-refractivity contribution in [1.82, 2.24) is 14.3 Å². The topological polar surface area (TPSA) is 70.7 Å². The molecule has 19 heavy (non-hydrogen) atoms. The van der Waals surface area contributed by atoms with Crippen molar-refractivity contribution in [3.8, 4) is 0 Å². The first-order chi connectivity index (χ1) is 9.12. The fourth-order valence-electron chi connectivity index (χ4n) is 2.76. The summed E-state index contributed by atoms with van der Waals surface area (Å²) in [4.78, 5) is 0. The SMILES string of the molecule is CNCC1CCCN(S(=O)(=O)NCC2CCOC2)C1. The average Bonchev–Trinajstić information content (AvgIpc) is 2.90. The molecular weight excluding hydrogens is 266 g/mol. The van der Waals surface area contributed by atoms with Gasteiger partial charge in [0.2, 0.25) is 0 Å². The van der Waals surface area contributed by atoms with Crippen molar-refractivity contribution in [3.63, 3.8) is 0 Å². The van der Waals surface area contributed by atoms with Crippen LogP contribution in [0.5, 0.6) is 0 Å². The van der Waals surface area contributed by atoms with E-state index in [1.807, 2.05) is 7.05 Å². The molecule has 0 bridgehead atoms. The minimum absolute atomic E-state index is 0.327. The van der Waals surface area contributed by atoms with E-state index in [0.717, 1.165) is 32.4 Å². The van der Waals surface area contributed by atoms with Gasteiger partial charge in [-0.2, -0.15) is 12.7 Å². The Morgan fingerprint density at radius 2 is 2.11 bits per heavy atom. The zero-order valence-corrected chi connectivity index (χ0v) is 12.4. The Kier molecular flexibility index (Phi) is 5.58. The largest absolute Gasteiger partial charge is 0.381 e. The maximum absolute atomic E-state index is 12.2. The van der Waals surface area contributed by atoms with E-state index in [4.69, 9.17) is 4.74 Å². The van der Waals surface area contributed by atoms with Crippen molar-refractivity contribution in [2.75, 3.05) is 46.4 Å². The Balaban J connectivity index is 1.83. The smallest absolute Gasteiger partial charge is 0.279 e. The maximum Gasteiger partial charge on any atom is 0.279 e. The average molecular weight is 291 g/mol. The quantitative estimate of drug-likeness (QED) is 0.710. The van der Waals surface area contributed by atoms with Crippen molar-refractivity contribution < 1.29 is 13.2 Å². The summed E-state index contributed by atoms with van der Waals surface area (Å²) >= 11 is 0. The van der Waals surface area contributed by atoms with Gasteiger partial charge in [-0.25, -0.2) is 4.72 Å². The number of hydrogen-bond donors (Lipinski definition) is 2. The molecule has 2 unspecified atom stereocenters. The highest BCUT2D eigenvalue weighted by Crippen LogP contribution is 2.18. The molecule has 0 aliphatic carbocycles. The molecule has 2 fully saturated rings. The van der Waals surface area contributed by atoms with Crippen LogP contribution < -0.4 is 10.0 Å². The second kappa shape index (κ2) is 6.99. The minimum Gasteiger partial charge on any atom is -0.381 e. The molecule has 0 aromatic carbocycles. The van der Waals surface area contributed by atoms with Gasteiger partial charge >= 0.3 is 0 Å². The lowest BCUT2D eigenvalue weighted by Gasteiger charge is -2.32. The number of nitrogens with zero attached hydrogens (tertiary/aromatic N) is 1. The van der Waals surface area contributed by atoms with Crippen LogP contribution in [0.2, 0.25) is 0 Å². The summed E-state index contributed by atoms with van der Waals surface area (Å²) in [5.74, 6) is 0.748. The van der Waals surface area contributed by atoms with E-state index in [-0.39, 0.29) is 0 Å². The molecule has 2 aliphatic rings. The van der Waals surface area contributed by atoms with Crippen LogP contribution in [0.1, 0.15) is 19.3 Å². The van der Waals surface area contributed by atoms with E-state index >= 15 is 0 Å². The summed E-state index contributed by atoms with van der Waals surface area (Å²) in [6, 6.07) is 0. The van der Waals surface area contributed by atoms with Crippen LogP contribution in [0.3, 0.4) is 0 Å². The van der Waals surface area contributed by atoms with E-state index in [0.29, 0.717) is 38.1 Å². The first kappa shape index (κ1) is 15.2. The Morgan fingerprint density at radius 3 is 2.79 bits per heavy atom. The molecule has 0 aromatic heterocycles. The van der Waals surface area contributed by atoms with Crippen molar-refractivity contribution in [3.05, 3.63) is 0 Å². The first-order valence-electron chi connectivity index (χ1n) is 7.09. The Bertz CT molecular complexity index is 366. The second-order valence-corrected chi connectivity index (χ2v) is 7.26. The molecule has 0 amide bonds. The molecule has 0 aromatic rings. The highest BCUT2D eigenvalue weighted by atomic mass is 32.2.